The van der Waals surface area contributed by atoms with Crippen LogP contribution in [0.1, 0.15) is 35.7 Å². The summed E-state index contributed by atoms with van der Waals surface area (Å²) in [6, 6.07) is 6.41. The molecule has 0 atom stereocenters. The fraction of sp³-hybridized carbons (Fsp3) is 0.214. The van der Waals surface area contributed by atoms with Crippen LogP contribution >= 0.6 is 0 Å². The lowest BCUT2D eigenvalue weighted by atomic mass is 9.86. The number of ketones is 3. The van der Waals surface area contributed by atoms with Crippen molar-refractivity contribution in [2.45, 2.75) is 19.8 Å². The zero-order chi connectivity index (χ0) is 13.3. The number of benzene rings is 1. The highest BCUT2D eigenvalue weighted by Crippen LogP contribution is 2.29. The summed E-state index contributed by atoms with van der Waals surface area (Å²) in [4.78, 5) is 34.6. The first-order valence-corrected chi connectivity index (χ1v) is 5.62. The van der Waals surface area contributed by atoms with Gasteiger partial charge < -0.3 is 9.90 Å². The normalized spacial score (nSPS) is 14.7. The highest BCUT2D eigenvalue weighted by Gasteiger charge is 2.32. The minimum absolute atomic E-state index is 0.0360. The van der Waals surface area contributed by atoms with Gasteiger partial charge in [0.15, 0.2) is 0 Å². The van der Waals surface area contributed by atoms with Gasteiger partial charge in [-0.2, -0.15) is 0 Å². The summed E-state index contributed by atoms with van der Waals surface area (Å²) in [5.74, 6) is -1.61. The van der Waals surface area contributed by atoms with Crippen LogP contribution in [-0.2, 0) is 9.59 Å². The Morgan fingerprint density at radius 2 is 1.72 bits per heavy atom. The Labute approximate surface area is 104 Å². The molecule has 18 heavy (non-hydrogen) atoms. The van der Waals surface area contributed by atoms with Gasteiger partial charge in [0, 0.05) is 23.1 Å². The van der Waals surface area contributed by atoms with E-state index in [0.717, 1.165) is 0 Å². The average Bonchev–Trinajstić information content (AvgIpc) is 2.36. The van der Waals surface area contributed by atoms with Crippen LogP contribution in [-0.4, -0.2) is 22.5 Å². The number of hydrogen-bond donors (Lipinski definition) is 1. The molecule has 1 aliphatic rings. The molecular formula is C14H12O4. The molecular weight excluding hydrogens is 232 g/mol. The lowest BCUT2D eigenvalue weighted by Crippen LogP contribution is -2.24. The topological polar surface area (TPSA) is 71.4 Å². The van der Waals surface area contributed by atoms with E-state index in [9.17, 15) is 19.5 Å². The van der Waals surface area contributed by atoms with E-state index in [1.165, 1.54) is 13.0 Å². The van der Waals surface area contributed by atoms with Gasteiger partial charge in [-0.15, -0.1) is 0 Å². The maximum absolute atomic E-state index is 11.8. The van der Waals surface area contributed by atoms with E-state index in [4.69, 9.17) is 0 Å². The molecule has 0 heterocycles. The van der Waals surface area contributed by atoms with Gasteiger partial charge in [0.05, 0.1) is 0 Å². The highest BCUT2D eigenvalue weighted by molar-refractivity contribution is 6.52. The molecule has 0 amide bonds. The van der Waals surface area contributed by atoms with Gasteiger partial charge >= 0.3 is 0 Å². The van der Waals surface area contributed by atoms with E-state index in [1.54, 1.807) is 18.2 Å². The van der Waals surface area contributed by atoms with Crippen LogP contribution in [0.5, 0.6) is 0 Å². The number of aliphatic hydroxyl groups is 1. The smallest absolute Gasteiger partial charge is 0.234 e. The molecule has 1 N–H and O–H groups in total. The molecule has 0 bridgehead atoms. The minimum Gasteiger partial charge on any atom is -0.507 e. The standard InChI is InChI=1S/C14H12O4/c1-8(15)6-7-11-12(16)9-4-2-3-5-10(9)13(17)14(11)18/h2-5,16H,6-7H2,1H3. The van der Waals surface area contributed by atoms with Crippen molar-refractivity contribution >= 4 is 23.1 Å². The maximum Gasteiger partial charge on any atom is 0.234 e. The molecule has 0 saturated carbocycles. The molecule has 1 aliphatic carbocycles. The Bertz CT molecular complexity index is 581. The molecule has 4 nitrogen and oxygen atoms in total. The van der Waals surface area contributed by atoms with Gasteiger partial charge in [0.25, 0.3) is 0 Å². The van der Waals surface area contributed by atoms with E-state index < -0.39 is 11.6 Å². The van der Waals surface area contributed by atoms with E-state index >= 15 is 0 Å². The van der Waals surface area contributed by atoms with Crippen molar-refractivity contribution in [3.63, 3.8) is 0 Å². The molecule has 0 saturated heterocycles. The molecule has 0 radical (unpaired) electrons. The van der Waals surface area contributed by atoms with E-state index in [-0.39, 0.29) is 35.5 Å². The van der Waals surface area contributed by atoms with Crippen LogP contribution in [0.25, 0.3) is 5.76 Å². The summed E-state index contributed by atoms with van der Waals surface area (Å²) in [6.07, 6.45) is 0.237. The summed E-state index contributed by atoms with van der Waals surface area (Å²) in [7, 11) is 0. The third-order valence-corrected chi connectivity index (χ3v) is 2.92. The van der Waals surface area contributed by atoms with Gasteiger partial charge in [0.2, 0.25) is 11.6 Å². The van der Waals surface area contributed by atoms with Crippen molar-refractivity contribution in [2.24, 2.45) is 0 Å². The Kier molecular flexibility index (Phi) is 3.10. The third kappa shape index (κ3) is 1.97. The van der Waals surface area contributed by atoms with Gasteiger partial charge in [-0.1, -0.05) is 24.3 Å². The second-order valence-corrected chi connectivity index (χ2v) is 4.23. The second kappa shape index (κ2) is 4.56. The van der Waals surface area contributed by atoms with Crippen LogP contribution in [0.15, 0.2) is 29.8 Å². The molecule has 92 valence electrons. The van der Waals surface area contributed by atoms with Gasteiger partial charge in [-0.25, -0.2) is 0 Å². The molecule has 1 aromatic rings. The van der Waals surface area contributed by atoms with Crippen molar-refractivity contribution < 1.29 is 19.5 Å². The molecule has 2 rings (SSSR count). The van der Waals surface area contributed by atoms with Crippen molar-refractivity contribution in [3.8, 4) is 0 Å². The first-order chi connectivity index (χ1) is 8.52. The lowest BCUT2D eigenvalue weighted by Gasteiger charge is -2.17. The quantitative estimate of drug-likeness (QED) is 0.826. The Hall–Kier alpha value is -2.23. The largest absolute Gasteiger partial charge is 0.507 e. The number of carbonyl (C=O) groups is 3. The number of aliphatic hydroxyl groups excluding tert-OH is 1. The molecule has 4 heteroatoms. The molecule has 0 unspecified atom stereocenters. The number of carbonyl (C=O) groups excluding carboxylic acids is 3. The molecule has 0 spiro atoms. The Morgan fingerprint density at radius 3 is 2.33 bits per heavy atom. The minimum atomic E-state index is -0.715. The number of Topliss-reactive ketones (excluding diaryl/α,β-unsaturated/α-hetero) is 3. The van der Waals surface area contributed by atoms with Crippen molar-refractivity contribution in [2.75, 3.05) is 0 Å². The molecule has 1 aromatic carbocycles. The van der Waals surface area contributed by atoms with Crippen LogP contribution in [0.2, 0.25) is 0 Å². The Balaban J connectivity index is 2.48. The van der Waals surface area contributed by atoms with Gasteiger partial charge in [-0.05, 0) is 13.3 Å². The molecule has 0 fully saturated rings. The van der Waals surface area contributed by atoms with E-state index in [2.05, 4.69) is 0 Å². The Morgan fingerprint density at radius 1 is 1.11 bits per heavy atom. The first kappa shape index (κ1) is 12.2. The van der Waals surface area contributed by atoms with Crippen molar-refractivity contribution in [3.05, 3.63) is 41.0 Å². The predicted octanol–water partition coefficient (Wildman–Crippen LogP) is 2.09. The number of allylic oxidation sites excluding steroid dienone is 1. The fourth-order valence-corrected chi connectivity index (χ4v) is 1.95. The average molecular weight is 244 g/mol. The zero-order valence-electron chi connectivity index (χ0n) is 9.90. The maximum atomic E-state index is 11.8. The van der Waals surface area contributed by atoms with E-state index in [0.29, 0.717) is 5.56 Å². The van der Waals surface area contributed by atoms with Gasteiger partial charge in [0.1, 0.15) is 11.5 Å². The summed E-state index contributed by atoms with van der Waals surface area (Å²) in [5, 5.41) is 10.0. The number of fused-ring (bicyclic) bond motifs is 1. The van der Waals surface area contributed by atoms with Crippen LogP contribution < -0.4 is 0 Å². The number of rotatable bonds is 3. The summed E-state index contributed by atoms with van der Waals surface area (Å²) < 4.78 is 0. The summed E-state index contributed by atoms with van der Waals surface area (Å²) in [5.41, 5.74) is 0.612. The van der Waals surface area contributed by atoms with Crippen LogP contribution in [0, 0.1) is 0 Å². The molecule has 0 aliphatic heterocycles. The van der Waals surface area contributed by atoms with E-state index in [1.807, 2.05) is 0 Å². The van der Waals surface area contributed by atoms with Crippen molar-refractivity contribution in [1.82, 2.24) is 0 Å². The van der Waals surface area contributed by atoms with Crippen molar-refractivity contribution in [1.29, 1.82) is 0 Å². The predicted molar refractivity (Wildman–Crippen MR) is 65.2 cm³/mol. The second-order valence-electron chi connectivity index (χ2n) is 4.23. The fourth-order valence-electron chi connectivity index (χ4n) is 1.95. The monoisotopic (exact) mass is 244 g/mol. The summed E-state index contributed by atoms with van der Waals surface area (Å²) >= 11 is 0. The third-order valence-electron chi connectivity index (χ3n) is 2.92. The van der Waals surface area contributed by atoms with Crippen LogP contribution in [0.3, 0.4) is 0 Å². The van der Waals surface area contributed by atoms with Gasteiger partial charge in [-0.3, -0.25) is 9.59 Å². The molecule has 0 aromatic heterocycles. The van der Waals surface area contributed by atoms with Crippen LogP contribution in [0.4, 0.5) is 0 Å². The number of hydrogen-bond acceptors (Lipinski definition) is 4. The summed E-state index contributed by atoms with van der Waals surface area (Å²) in [6.45, 7) is 1.40. The first-order valence-electron chi connectivity index (χ1n) is 5.62. The lowest BCUT2D eigenvalue weighted by molar-refractivity contribution is -0.117. The zero-order valence-corrected chi connectivity index (χ0v) is 9.90. The SMILES string of the molecule is CC(=O)CCC1=C(O)c2ccccc2C(=O)C1=O. The highest BCUT2D eigenvalue weighted by atomic mass is 16.3.